The third kappa shape index (κ3) is 5.43. The average Bonchev–Trinajstić information content (AvgIpc) is 2.80. The second-order valence-electron chi connectivity index (χ2n) is 7.68. The Bertz CT molecular complexity index is 1090. The molecule has 0 saturated carbocycles. The van der Waals surface area contributed by atoms with Crippen molar-refractivity contribution in [1.29, 1.82) is 0 Å². The van der Waals surface area contributed by atoms with Gasteiger partial charge in [-0.1, -0.05) is 48.5 Å². The predicted molar refractivity (Wildman–Crippen MR) is 123 cm³/mol. The standard InChI is InChI=1S/C25H25FN4O2/c26-21-10-4-9-20(15-21)18-29-13-6-14-30(25(29)32)23-12-5-11-22(16-23)28-24(31)27-17-19-7-2-1-3-8-19/h1-5,7-12,15-16H,6,13-14,17-18H2,(H2,27,28,31). The number of hydrogen-bond donors (Lipinski definition) is 2. The molecule has 32 heavy (non-hydrogen) atoms. The number of amides is 4. The number of rotatable bonds is 6. The van der Waals surface area contributed by atoms with Crippen LogP contribution in [0.2, 0.25) is 0 Å². The highest BCUT2D eigenvalue weighted by Crippen LogP contribution is 2.24. The minimum atomic E-state index is -0.316. The van der Waals surface area contributed by atoms with Crippen molar-refractivity contribution in [2.24, 2.45) is 0 Å². The Morgan fingerprint density at radius 1 is 0.906 bits per heavy atom. The van der Waals surface area contributed by atoms with E-state index >= 15 is 0 Å². The minimum Gasteiger partial charge on any atom is -0.334 e. The fourth-order valence-electron chi connectivity index (χ4n) is 3.73. The fourth-order valence-corrected chi connectivity index (χ4v) is 3.73. The molecule has 7 heteroatoms. The monoisotopic (exact) mass is 432 g/mol. The summed E-state index contributed by atoms with van der Waals surface area (Å²) >= 11 is 0. The summed E-state index contributed by atoms with van der Waals surface area (Å²) in [5, 5.41) is 5.65. The zero-order valence-corrected chi connectivity index (χ0v) is 17.6. The lowest BCUT2D eigenvalue weighted by atomic mass is 10.1. The summed E-state index contributed by atoms with van der Waals surface area (Å²) in [5.41, 5.74) is 3.07. The van der Waals surface area contributed by atoms with E-state index in [4.69, 9.17) is 0 Å². The van der Waals surface area contributed by atoms with Crippen molar-refractivity contribution < 1.29 is 14.0 Å². The van der Waals surface area contributed by atoms with Crippen molar-refractivity contribution in [3.8, 4) is 0 Å². The molecule has 0 aromatic heterocycles. The summed E-state index contributed by atoms with van der Waals surface area (Å²) in [6, 6.07) is 22.7. The van der Waals surface area contributed by atoms with Crippen LogP contribution in [-0.2, 0) is 13.1 Å². The van der Waals surface area contributed by atoms with Crippen LogP contribution >= 0.6 is 0 Å². The van der Waals surface area contributed by atoms with Crippen LogP contribution in [0.5, 0.6) is 0 Å². The zero-order chi connectivity index (χ0) is 22.3. The van der Waals surface area contributed by atoms with Crippen LogP contribution < -0.4 is 15.5 Å². The molecular formula is C25H25FN4O2. The normalized spacial score (nSPS) is 13.7. The Morgan fingerprint density at radius 2 is 1.69 bits per heavy atom. The highest BCUT2D eigenvalue weighted by atomic mass is 19.1. The fraction of sp³-hybridized carbons (Fsp3) is 0.200. The highest BCUT2D eigenvalue weighted by molar-refractivity contribution is 5.95. The molecule has 1 saturated heterocycles. The minimum absolute atomic E-state index is 0.133. The molecule has 0 aliphatic carbocycles. The van der Waals surface area contributed by atoms with Gasteiger partial charge in [0.2, 0.25) is 0 Å². The van der Waals surface area contributed by atoms with Gasteiger partial charge in [-0.3, -0.25) is 4.90 Å². The van der Waals surface area contributed by atoms with Gasteiger partial charge in [-0.25, -0.2) is 14.0 Å². The molecule has 0 radical (unpaired) electrons. The lowest BCUT2D eigenvalue weighted by molar-refractivity contribution is 0.192. The molecule has 4 rings (SSSR count). The van der Waals surface area contributed by atoms with Gasteiger partial charge in [-0.05, 0) is 47.9 Å². The Kier molecular flexibility index (Phi) is 6.65. The lowest BCUT2D eigenvalue weighted by Gasteiger charge is -2.36. The number of nitrogens with zero attached hydrogens (tertiary/aromatic N) is 2. The van der Waals surface area contributed by atoms with E-state index in [1.54, 1.807) is 34.1 Å². The second-order valence-corrected chi connectivity index (χ2v) is 7.68. The summed E-state index contributed by atoms with van der Waals surface area (Å²) in [5.74, 6) is -0.312. The summed E-state index contributed by atoms with van der Waals surface area (Å²) in [6.45, 7) is 1.98. The number of carbonyl (C=O) groups is 2. The highest BCUT2D eigenvalue weighted by Gasteiger charge is 2.27. The maximum absolute atomic E-state index is 13.5. The Hall–Kier alpha value is -3.87. The molecule has 1 aliphatic rings. The van der Waals surface area contributed by atoms with E-state index < -0.39 is 0 Å². The number of anilines is 2. The number of nitrogens with one attached hydrogen (secondary N) is 2. The van der Waals surface area contributed by atoms with Gasteiger partial charge in [0.1, 0.15) is 5.82 Å². The number of halogens is 1. The first-order chi connectivity index (χ1) is 15.6. The molecule has 2 N–H and O–H groups in total. The van der Waals surface area contributed by atoms with Crippen LogP contribution in [0.4, 0.5) is 25.4 Å². The summed E-state index contributed by atoms with van der Waals surface area (Å²) in [7, 11) is 0. The SMILES string of the molecule is O=C(NCc1ccccc1)Nc1cccc(N2CCCN(Cc3cccc(F)c3)C2=O)c1. The second kappa shape index (κ2) is 9.96. The van der Waals surface area contributed by atoms with Crippen molar-refractivity contribution in [3.05, 3.63) is 95.8 Å². The van der Waals surface area contributed by atoms with Crippen molar-refractivity contribution >= 4 is 23.4 Å². The Morgan fingerprint density at radius 3 is 2.50 bits per heavy atom. The molecule has 1 fully saturated rings. The lowest BCUT2D eigenvalue weighted by Crippen LogP contribution is -2.49. The zero-order valence-electron chi connectivity index (χ0n) is 17.6. The van der Waals surface area contributed by atoms with E-state index in [1.807, 2.05) is 42.5 Å². The van der Waals surface area contributed by atoms with Crippen LogP contribution in [0.25, 0.3) is 0 Å². The van der Waals surface area contributed by atoms with E-state index in [0.717, 1.165) is 17.5 Å². The van der Waals surface area contributed by atoms with Gasteiger partial charge in [0.15, 0.2) is 0 Å². The molecule has 164 valence electrons. The van der Waals surface area contributed by atoms with Crippen LogP contribution in [-0.4, -0.2) is 30.1 Å². The molecule has 3 aromatic carbocycles. The molecule has 0 atom stereocenters. The first-order valence-corrected chi connectivity index (χ1v) is 10.6. The van der Waals surface area contributed by atoms with Gasteiger partial charge in [-0.15, -0.1) is 0 Å². The number of benzene rings is 3. The van der Waals surface area contributed by atoms with E-state index in [-0.39, 0.29) is 17.9 Å². The first kappa shape index (κ1) is 21.4. The molecule has 0 bridgehead atoms. The van der Waals surface area contributed by atoms with Crippen LogP contribution in [0, 0.1) is 5.82 Å². The molecule has 1 aliphatic heterocycles. The van der Waals surface area contributed by atoms with Crippen molar-refractivity contribution in [2.45, 2.75) is 19.5 Å². The van der Waals surface area contributed by atoms with Gasteiger partial charge < -0.3 is 15.5 Å². The topological polar surface area (TPSA) is 64.7 Å². The van der Waals surface area contributed by atoms with Gasteiger partial charge in [0.25, 0.3) is 0 Å². The molecular weight excluding hydrogens is 407 g/mol. The van der Waals surface area contributed by atoms with Crippen LogP contribution in [0.3, 0.4) is 0 Å². The van der Waals surface area contributed by atoms with Gasteiger partial charge >= 0.3 is 12.1 Å². The third-order valence-corrected chi connectivity index (χ3v) is 5.29. The quantitative estimate of drug-likeness (QED) is 0.577. The molecule has 4 amide bonds. The van der Waals surface area contributed by atoms with Crippen LogP contribution in [0.1, 0.15) is 17.5 Å². The Balaban J connectivity index is 1.39. The maximum Gasteiger partial charge on any atom is 0.324 e. The Labute approximate surface area is 186 Å². The summed E-state index contributed by atoms with van der Waals surface area (Å²) < 4.78 is 13.5. The van der Waals surface area contributed by atoms with Crippen molar-refractivity contribution in [1.82, 2.24) is 10.2 Å². The van der Waals surface area contributed by atoms with E-state index in [0.29, 0.717) is 37.6 Å². The molecule has 1 heterocycles. The van der Waals surface area contributed by atoms with Gasteiger partial charge in [-0.2, -0.15) is 0 Å². The van der Waals surface area contributed by atoms with Crippen molar-refractivity contribution in [2.75, 3.05) is 23.3 Å². The van der Waals surface area contributed by atoms with E-state index in [2.05, 4.69) is 10.6 Å². The molecule has 3 aromatic rings. The average molecular weight is 432 g/mol. The predicted octanol–water partition coefficient (Wildman–Crippen LogP) is 4.98. The first-order valence-electron chi connectivity index (χ1n) is 10.6. The van der Waals surface area contributed by atoms with Crippen molar-refractivity contribution in [3.63, 3.8) is 0 Å². The van der Waals surface area contributed by atoms with Gasteiger partial charge in [0.05, 0.1) is 0 Å². The summed E-state index contributed by atoms with van der Waals surface area (Å²) in [4.78, 5) is 28.7. The number of urea groups is 2. The number of hydrogen-bond acceptors (Lipinski definition) is 2. The van der Waals surface area contributed by atoms with Gasteiger partial charge in [0, 0.05) is 37.6 Å². The van der Waals surface area contributed by atoms with E-state index in [1.165, 1.54) is 12.1 Å². The third-order valence-electron chi connectivity index (χ3n) is 5.29. The number of carbonyl (C=O) groups excluding carboxylic acids is 2. The van der Waals surface area contributed by atoms with Crippen LogP contribution in [0.15, 0.2) is 78.9 Å². The molecule has 0 unspecified atom stereocenters. The largest absolute Gasteiger partial charge is 0.334 e. The smallest absolute Gasteiger partial charge is 0.324 e. The maximum atomic E-state index is 13.5. The summed E-state index contributed by atoms with van der Waals surface area (Å²) in [6.07, 6.45) is 0.802. The molecule has 6 nitrogen and oxygen atoms in total. The van der Waals surface area contributed by atoms with E-state index in [9.17, 15) is 14.0 Å². The molecule has 0 spiro atoms.